The van der Waals surface area contributed by atoms with E-state index in [9.17, 15) is 13.2 Å². The van der Waals surface area contributed by atoms with Crippen molar-refractivity contribution in [3.63, 3.8) is 0 Å². The van der Waals surface area contributed by atoms with Gasteiger partial charge in [-0.25, -0.2) is 18.0 Å². The van der Waals surface area contributed by atoms with E-state index in [4.69, 9.17) is 9.47 Å². The van der Waals surface area contributed by atoms with Crippen molar-refractivity contribution in [3.8, 4) is 17.0 Å². The van der Waals surface area contributed by atoms with Crippen molar-refractivity contribution < 1.29 is 31.4 Å². The van der Waals surface area contributed by atoms with Crippen LogP contribution in [0, 0.1) is 0 Å². The lowest BCUT2D eigenvalue weighted by Gasteiger charge is -2.51. The third-order valence-corrected chi connectivity index (χ3v) is 7.32. The van der Waals surface area contributed by atoms with E-state index in [1.54, 1.807) is 35.4 Å². The predicted molar refractivity (Wildman–Crippen MR) is 130 cm³/mol. The molecule has 5 heterocycles. The quantitative estimate of drug-likeness (QED) is 0.363. The molecule has 39 heavy (non-hydrogen) atoms. The molecule has 10 nitrogen and oxygen atoms in total. The van der Waals surface area contributed by atoms with E-state index in [0.717, 1.165) is 4.68 Å². The number of hydrogen-bond donors (Lipinski definition) is 1. The zero-order valence-corrected chi connectivity index (χ0v) is 21.0. The summed E-state index contributed by atoms with van der Waals surface area (Å²) in [5, 5.41) is 14.6. The number of likely N-dealkylation sites (tertiary alicyclic amines) is 1. The van der Waals surface area contributed by atoms with Gasteiger partial charge in [-0.15, -0.1) is 10.2 Å². The van der Waals surface area contributed by atoms with E-state index >= 15 is 8.78 Å². The fourth-order valence-corrected chi connectivity index (χ4v) is 5.16. The molecule has 0 spiro atoms. The minimum Gasteiger partial charge on any atom is -0.479 e. The fraction of sp³-hybridized carbons (Fsp3) is 0.500. The molecular formula is C24H25F5N8O2. The van der Waals surface area contributed by atoms with Crippen molar-refractivity contribution in [2.45, 2.75) is 43.6 Å². The van der Waals surface area contributed by atoms with Crippen molar-refractivity contribution in [1.82, 2.24) is 34.5 Å². The molecule has 15 heteroatoms. The van der Waals surface area contributed by atoms with Gasteiger partial charge in [0.05, 0.1) is 44.0 Å². The Morgan fingerprint density at radius 1 is 1.21 bits per heavy atom. The number of nitrogens with zero attached hydrogens (tertiary/aromatic N) is 7. The van der Waals surface area contributed by atoms with Crippen molar-refractivity contribution in [1.29, 1.82) is 0 Å². The summed E-state index contributed by atoms with van der Waals surface area (Å²) in [7, 11) is 1.39. The highest BCUT2D eigenvalue weighted by molar-refractivity contribution is 5.89. The van der Waals surface area contributed by atoms with Crippen molar-refractivity contribution in [2.24, 2.45) is 0 Å². The molecule has 0 aliphatic carbocycles. The summed E-state index contributed by atoms with van der Waals surface area (Å²) in [6.07, 6.45) is -2.67. The first-order valence-corrected chi connectivity index (χ1v) is 12.3. The molecule has 1 unspecified atom stereocenters. The van der Waals surface area contributed by atoms with Gasteiger partial charge in [0.1, 0.15) is 17.6 Å². The Morgan fingerprint density at radius 3 is 2.67 bits per heavy atom. The number of rotatable bonds is 6. The van der Waals surface area contributed by atoms with Crippen molar-refractivity contribution in [3.05, 3.63) is 30.5 Å². The summed E-state index contributed by atoms with van der Waals surface area (Å²) in [4.78, 5) is 6.11. The van der Waals surface area contributed by atoms with E-state index in [-0.39, 0.29) is 29.3 Å². The number of piperidine rings is 1. The first kappa shape index (κ1) is 25.7. The number of fused-ring (bicyclic) bond motifs is 2. The maximum atomic E-state index is 15.1. The molecule has 6 rings (SSSR count). The summed E-state index contributed by atoms with van der Waals surface area (Å²) in [6, 6.07) is 5.33. The second-order valence-electron chi connectivity index (χ2n) is 10.2. The van der Waals surface area contributed by atoms with Crippen LogP contribution < -0.4 is 10.1 Å². The van der Waals surface area contributed by atoms with Crippen LogP contribution in [0.4, 0.5) is 27.9 Å². The molecule has 2 aliphatic heterocycles. The van der Waals surface area contributed by atoms with Crippen LogP contribution in [0.25, 0.3) is 27.7 Å². The third kappa shape index (κ3) is 4.62. The molecule has 1 N–H and O–H groups in total. The van der Waals surface area contributed by atoms with Crippen LogP contribution in [0.15, 0.2) is 30.5 Å². The maximum absolute atomic E-state index is 15.1. The molecule has 0 bridgehead atoms. The Hall–Kier alpha value is -3.59. The van der Waals surface area contributed by atoms with Crippen molar-refractivity contribution >= 4 is 22.5 Å². The standard InChI is InChI=1S/C24H25F5N8O2/c1-22(12-39-13-22)35-7-6-18(23(25,26)10-35)30-21-31-20(38-2)19-15(5-8-36(19)33-21)14-3-4-16-17(9-14)37(34-32-16)11-24(27,28)29/h3-5,8-9,18H,6-7,10-13H2,1-2H3,(H,30,33). The van der Waals surface area contributed by atoms with Crippen LogP contribution in [0.3, 0.4) is 0 Å². The predicted octanol–water partition coefficient (Wildman–Crippen LogP) is 3.62. The number of nitrogens with one attached hydrogen (secondary N) is 1. The summed E-state index contributed by atoms with van der Waals surface area (Å²) < 4.78 is 82.2. The van der Waals surface area contributed by atoms with E-state index < -0.39 is 31.2 Å². The Balaban J connectivity index is 1.29. The molecule has 3 aromatic heterocycles. The molecule has 1 aromatic carbocycles. The lowest BCUT2D eigenvalue weighted by Crippen LogP contribution is -2.67. The van der Waals surface area contributed by atoms with Gasteiger partial charge in [0.2, 0.25) is 11.8 Å². The molecule has 208 valence electrons. The average Bonchev–Trinajstić information content (AvgIpc) is 3.46. The van der Waals surface area contributed by atoms with Gasteiger partial charge in [-0.1, -0.05) is 11.3 Å². The SMILES string of the molecule is COc1nc(NC2CCN(C3(C)COC3)CC2(F)F)nn2ccc(-c3ccc4nnn(CC(F)(F)F)c4c3)c12. The number of ether oxygens (including phenoxy) is 2. The van der Waals surface area contributed by atoms with Gasteiger partial charge >= 0.3 is 6.18 Å². The number of aromatic nitrogens is 6. The molecule has 2 aliphatic rings. The number of anilines is 1. The zero-order chi connectivity index (χ0) is 27.6. The summed E-state index contributed by atoms with van der Waals surface area (Å²) in [6.45, 7) is 1.58. The Bertz CT molecular complexity index is 1530. The summed E-state index contributed by atoms with van der Waals surface area (Å²) in [5.41, 5.74) is 1.71. The van der Waals surface area contributed by atoms with Gasteiger partial charge in [0.15, 0.2) is 0 Å². The third-order valence-electron chi connectivity index (χ3n) is 7.32. The summed E-state index contributed by atoms with van der Waals surface area (Å²) >= 11 is 0. The van der Waals surface area contributed by atoms with E-state index in [1.807, 2.05) is 6.92 Å². The monoisotopic (exact) mass is 552 g/mol. The van der Waals surface area contributed by atoms with Crippen LogP contribution in [0.2, 0.25) is 0 Å². The van der Waals surface area contributed by atoms with Gasteiger partial charge in [0.25, 0.3) is 5.92 Å². The molecule has 0 saturated carbocycles. The average molecular weight is 553 g/mol. The van der Waals surface area contributed by atoms with Crippen molar-refractivity contribution in [2.75, 3.05) is 38.7 Å². The summed E-state index contributed by atoms with van der Waals surface area (Å²) in [5.74, 6) is -2.94. The Morgan fingerprint density at radius 2 is 2.00 bits per heavy atom. The minimum absolute atomic E-state index is 0.0271. The topological polar surface area (TPSA) is 94.6 Å². The number of alkyl halides is 5. The number of hydrogen-bond acceptors (Lipinski definition) is 8. The van der Waals surface area contributed by atoms with Gasteiger partial charge in [-0.3, -0.25) is 4.90 Å². The molecule has 1 atom stereocenters. The first-order valence-electron chi connectivity index (χ1n) is 12.3. The second kappa shape index (κ2) is 8.98. The molecular weight excluding hydrogens is 527 g/mol. The fourth-order valence-electron chi connectivity index (χ4n) is 5.16. The maximum Gasteiger partial charge on any atom is 0.408 e. The van der Waals surface area contributed by atoms with Crippen LogP contribution in [0.5, 0.6) is 5.88 Å². The van der Waals surface area contributed by atoms with E-state index in [2.05, 4.69) is 25.7 Å². The lowest BCUT2D eigenvalue weighted by atomic mass is 9.91. The van der Waals surface area contributed by atoms with Gasteiger partial charge in [-0.05, 0) is 37.1 Å². The largest absolute Gasteiger partial charge is 0.479 e. The second-order valence-corrected chi connectivity index (χ2v) is 10.2. The van der Waals surface area contributed by atoms with E-state index in [0.29, 0.717) is 41.9 Å². The van der Waals surface area contributed by atoms with Gasteiger partial charge in [-0.2, -0.15) is 18.2 Å². The highest BCUT2D eigenvalue weighted by Gasteiger charge is 2.51. The van der Waals surface area contributed by atoms with Crippen LogP contribution in [0.1, 0.15) is 13.3 Å². The van der Waals surface area contributed by atoms with Crippen LogP contribution >= 0.6 is 0 Å². The van der Waals surface area contributed by atoms with Crippen LogP contribution in [-0.4, -0.2) is 91.6 Å². The Labute approximate surface area is 218 Å². The highest BCUT2D eigenvalue weighted by atomic mass is 19.4. The minimum atomic E-state index is -4.46. The molecule has 2 fully saturated rings. The normalized spacial score (nSPS) is 21.3. The number of benzene rings is 1. The molecule has 0 radical (unpaired) electrons. The number of halogens is 5. The molecule has 4 aromatic rings. The van der Waals surface area contributed by atoms with Gasteiger partial charge in [0, 0.05) is 18.3 Å². The zero-order valence-electron chi connectivity index (χ0n) is 21.0. The first-order chi connectivity index (χ1) is 18.5. The van der Waals surface area contributed by atoms with Crippen LogP contribution in [-0.2, 0) is 11.3 Å². The Kier molecular flexibility index (Phi) is 5.91. The smallest absolute Gasteiger partial charge is 0.408 e. The van der Waals surface area contributed by atoms with Gasteiger partial charge < -0.3 is 14.8 Å². The highest BCUT2D eigenvalue weighted by Crippen LogP contribution is 2.37. The number of methoxy groups -OCH3 is 1. The molecule has 0 amide bonds. The lowest BCUT2D eigenvalue weighted by molar-refractivity contribution is -0.174. The molecule has 2 saturated heterocycles. The van der Waals surface area contributed by atoms with E-state index in [1.165, 1.54) is 11.6 Å².